The number of hydrogen-bond acceptors (Lipinski definition) is 3. The van der Waals surface area contributed by atoms with Gasteiger partial charge in [0.15, 0.2) is 0 Å². The van der Waals surface area contributed by atoms with Crippen molar-refractivity contribution in [2.75, 3.05) is 13.1 Å². The maximum Gasteiger partial charge on any atom is 0.371 e. The quantitative estimate of drug-likeness (QED) is 0.916. The minimum Gasteiger partial charge on any atom is -0.475 e. The summed E-state index contributed by atoms with van der Waals surface area (Å²) in [6.45, 7) is 5.03. The maximum atomic E-state index is 10.9. The maximum absolute atomic E-state index is 10.9. The van der Waals surface area contributed by atoms with Gasteiger partial charge in [-0.2, -0.15) is 0 Å². The lowest BCUT2D eigenvalue weighted by molar-refractivity contribution is 0.0660. The number of carboxylic acid groups (broad SMARTS) is 1. The average Bonchev–Trinajstić information content (AvgIpc) is 2.74. The van der Waals surface area contributed by atoms with Crippen molar-refractivity contribution in [2.45, 2.75) is 39.2 Å². The number of nitrogens with zero attached hydrogens (tertiary/aromatic N) is 1. The van der Waals surface area contributed by atoms with E-state index in [1.807, 2.05) is 6.92 Å². The van der Waals surface area contributed by atoms with E-state index in [1.54, 1.807) is 6.07 Å². The zero-order valence-electron chi connectivity index (χ0n) is 10.6. The van der Waals surface area contributed by atoms with E-state index in [-0.39, 0.29) is 18.2 Å². The van der Waals surface area contributed by atoms with Crippen LogP contribution in [0.4, 0.5) is 0 Å². The third kappa shape index (κ3) is 3.50. The van der Waals surface area contributed by atoms with Crippen molar-refractivity contribution in [3.05, 3.63) is 23.2 Å². The Labute approximate surface area is 113 Å². The predicted octanol–water partition coefficient (Wildman–Crippen LogP) is 2.95. The molecule has 0 saturated carbocycles. The van der Waals surface area contributed by atoms with E-state index >= 15 is 0 Å². The molecule has 0 aliphatic carbocycles. The number of halogens is 1. The minimum atomic E-state index is -0.982. The molecule has 1 aliphatic heterocycles. The predicted molar refractivity (Wildman–Crippen MR) is 71.4 cm³/mol. The van der Waals surface area contributed by atoms with Gasteiger partial charge in [0.1, 0.15) is 5.76 Å². The van der Waals surface area contributed by atoms with Crippen LogP contribution >= 0.6 is 12.4 Å². The summed E-state index contributed by atoms with van der Waals surface area (Å²) in [5, 5.41) is 8.92. The SMILES string of the molecule is CCc1oc(C(=O)O)cc1CN1CCCCC1.Cl. The van der Waals surface area contributed by atoms with Crippen LogP contribution in [0.2, 0.25) is 0 Å². The van der Waals surface area contributed by atoms with Gasteiger partial charge in [-0.05, 0) is 32.0 Å². The first-order valence-electron chi connectivity index (χ1n) is 6.28. The van der Waals surface area contributed by atoms with Crippen LogP contribution in [-0.4, -0.2) is 29.1 Å². The van der Waals surface area contributed by atoms with Crippen LogP contribution in [0.3, 0.4) is 0 Å². The standard InChI is InChI=1S/C13H19NO3.ClH/c1-2-11-10(8-12(17-11)13(15)16)9-14-6-4-3-5-7-14;/h8H,2-7,9H2,1H3,(H,15,16);1H. The number of carboxylic acids is 1. The molecule has 1 aromatic heterocycles. The van der Waals surface area contributed by atoms with E-state index in [4.69, 9.17) is 9.52 Å². The molecule has 0 atom stereocenters. The third-order valence-corrected chi connectivity index (χ3v) is 3.27. The number of aromatic carboxylic acids is 1. The van der Waals surface area contributed by atoms with Crippen molar-refractivity contribution in [3.8, 4) is 0 Å². The lowest BCUT2D eigenvalue weighted by Gasteiger charge is -2.26. The van der Waals surface area contributed by atoms with Gasteiger partial charge in [-0.3, -0.25) is 4.90 Å². The molecule has 2 heterocycles. The number of carbonyl (C=O) groups is 1. The smallest absolute Gasteiger partial charge is 0.371 e. The van der Waals surface area contributed by atoms with Crippen molar-refractivity contribution in [1.29, 1.82) is 0 Å². The molecule has 1 N–H and O–H groups in total. The Bertz CT molecular complexity index is 397. The second-order valence-electron chi connectivity index (χ2n) is 4.55. The highest BCUT2D eigenvalue weighted by molar-refractivity contribution is 5.85. The highest BCUT2D eigenvalue weighted by Gasteiger charge is 2.18. The van der Waals surface area contributed by atoms with Gasteiger partial charge in [0.05, 0.1) is 0 Å². The number of rotatable bonds is 4. The summed E-state index contributed by atoms with van der Waals surface area (Å²) in [6.07, 6.45) is 4.54. The van der Waals surface area contributed by atoms with Crippen molar-refractivity contribution in [1.82, 2.24) is 4.90 Å². The van der Waals surface area contributed by atoms with Crippen LogP contribution in [0.5, 0.6) is 0 Å². The summed E-state index contributed by atoms with van der Waals surface area (Å²) in [4.78, 5) is 13.2. The highest BCUT2D eigenvalue weighted by Crippen LogP contribution is 2.20. The van der Waals surface area contributed by atoms with Gasteiger partial charge < -0.3 is 9.52 Å². The molecule has 18 heavy (non-hydrogen) atoms. The van der Waals surface area contributed by atoms with E-state index in [9.17, 15) is 4.79 Å². The molecule has 0 bridgehead atoms. The van der Waals surface area contributed by atoms with Gasteiger partial charge in [0, 0.05) is 18.5 Å². The second kappa shape index (κ2) is 6.81. The van der Waals surface area contributed by atoms with Crippen LogP contribution in [0.25, 0.3) is 0 Å². The van der Waals surface area contributed by atoms with Crippen LogP contribution in [0.15, 0.2) is 10.5 Å². The Morgan fingerprint density at radius 3 is 2.61 bits per heavy atom. The molecule has 2 rings (SSSR count). The first-order chi connectivity index (χ1) is 8.20. The topological polar surface area (TPSA) is 53.7 Å². The van der Waals surface area contributed by atoms with Gasteiger partial charge in [0.2, 0.25) is 5.76 Å². The molecule has 1 fully saturated rings. The molecular weight excluding hydrogens is 254 g/mol. The Hall–Kier alpha value is -1.00. The molecule has 102 valence electrons. The van der Waals surface area contributed by atoms with Crippen LogP contribution in [-0.2, 0) is 13.0 Å². The number of likely N-dealkylation sites (tertiary alicyclic amines) is 1. The lowest BCUT2D eigenvalue weighted by Crippen LogP contribution is -2.29. The second-order valence-corrected chi connectivity index (χ2v) is 4.55. The van der Waals surface area contributed by atoms with E-state index in [0.29, 0.717) is 0 Å². The van der Waals surface area contributed by atoms with Gasteiger partial charge in [-0.1, -0.05) is 13.3 Å². The molecule has 4 nitrogen and oxygen atoms in total. The summed E-state index contributed by atoms with van der Waals surface area (Å²) in [5.41, 5.74) is 1.03. The fourth-order valence-corrected chi connectivity index (χ4v) is 2.36. The first kappa shape index (κ1) is 15.1. The fourth-order valence-electron chi connectivity index (χ4n) is 2.36. The molecule has 0 amide bonds. The van der Waals surface area contributed by atoms with E-state index in [2.05, 4.69) is 4.90 Å². The van der Waals surface area contributed by atoms with Gasteiger partial charge >= 0.3 is 5.97 Å². The van der Waals surface area contributed by atoms with Crippen molar-refractivity contribution in [2.24, 2.45) is 0 Å². The van der Waals surface area contributed by atoms with Crippen LogP contribution in [0, 0.1) is 0 Å². The zero-order valence-corrected chi connectivity index (χ0v) is 11.5. The molecule has 1 saturated heterocycles. The molecule has 1 aromatic rings. The number of furan rings is 1. The summed E-state index contributed by atoms with van der Waals surface area (Å²) in [5.74, 6) is -0.105. The van der Waals surface area contributed by atoms with Crippen LogP contribution in [0.1, 0.15) is 48.1 Å². The number of aryl methyl sites for hydroxylation is 1. The Morgan fingerprint density at radius 2 is 2.06 bits per heavy atom. The monoisotopic (exact) mass is 273 g/mol. The van der Waals surface area contributed by atoms with Gasteiger partial charge in [-0.25, -0.2) is 4.79 Å². The molecule has 0 unspecified atom stereocenters. The van der Waals surface area contributed by atoms with Crippen LogP contribution < -0.4 is 0 Å². The summed E-state index contributed by atoms with van der Waals surface area (Å²) >= 11 is 0. The normalized spacial score (nSPS) is 16.3. The Balaban J connectivity index is 0.00000162. The molecule has 1 aliphatic rings. The van der Waals surface area contributed by atoms with Crippen molar-refractivity contribution >= 4 is 18.4 Å². The van der Waals surface area contributed by atoms with Gasteiger partial charge in [-0.15, -0.1) is 12.4 Å². The average molecular weight is 274 g/mol. The highest BCUT2D eigenvalue weighted by atomic mass is 35.5. The van der Waals surface area contributed by atoms with E-state index < -0.39 is 5.97 Å². The first-order valence-corrected chi connectivity index (χ1v) is 6.28. The Morgan fingerprint density at radius 1 is 1.39 bits per heavy atom. The molecule has 0 radical (unpaired) electrons. The summed E-state index contributed by atoms with van der Waals surface area (Å²) < 4.78 is 5.34. The zero-order chi connectivity index (χ0) is 12.3. The van der Waals surface area contributed by atoms with Crippen molar-refractivity contribution < 1.29 is 14.3 Å². The van der Waals surface area contributed by atoms with Gasteiger partial charge in [0.25, 0.3) is 0 Å². The summed E-state index contributed by atoms with van der Waals surface area (Å²) in [6, 6.07) is 1.68. The third-order valence-electron chi connectivity index (χ3n) is 3.27. The summed E-state index contributed by atoms with van der Waals surface area (Å²) in [7, 11) is 0. The number of piperidine rings is 1. The fraction of sp³-hybridized carbons (Fsp3) is 0.615. The number of hydrogen-bond donors (Lipinski definition) is 1. The minimum absolute atomic E-state index is 0. The Kier molecular flexibility index (Phi) is 5.69. The van der Waals surface area contributed by atoms with Crippen molar-refractivity contribution in [3.63, 3.8) is 0 Å². The van der Waals surface area contributed by atoms with E-state index in [1.165, 1.54) is 19.3 Å². The lowest BCUT2D eigenvalue weighted by atomic mass is 10.1. The molecule has 0 aromatic carbocycles. The molecular formula is C13H20ClNO3. The largest absolute Gasteiger partial charge is 0.475 e. The molecule has 0 spiro atoms. The molecule has 5 heteroatoms. The van der Waals surface area contributed by atoms with E-state index in [0.717, 1.165) is 37.4 Å².